The van der Waals surface area contributed by atoms with Gasteiger partial charge in [0.05, 0.1) is 6.61 Å². The number of carbonyl (C=O) groups excluding carboxylic acids is 1. The Kier molecular flexibility index (Phi) is 12.0. The number of likely N-dealkylation sites (N-methyl/N-ethyl adjacent to an activating group) is 1. The van der Waals surface area contributed by atoms with Gasteiger partial charge in [-0.2, -0.15) is 0 Å². The quantitative estimate of drug-likeness (QED) is 0.183. The van der Waals surface area contributed by atoms with Crippen molar-refractivity contribution in [2.24, 2.45) is 5.92 Å². The minimum atomic E-state index is -0.228. The molecule has 0 spiro atoms. The summed E-state index contributed by atoms with van der Waals surface area (Å²) in [6.45, 7) is 13.3. The highest BCUT2D eigenvalue weighted by Crippen LogP contribution is 2.37. The molecule has 2 rings (SSSR count). The van der Waals surface area contributed by atoms with Crippen LogP contribution in [0.1, 0.15) is 95.6 Å². The minimum Gasteiger partial charge on any atom is -0.462 e. The van der Waals surface area contributed by atoms with Crippen molar-refractivity contribution >= 4 is 5.97 Å². The smallest absolute Gasteiger partial charge is 0.334 e. The fourth-order valence-corrected chi connectivity index (χ4v) is 4.74. The average molecular weight is 428 g/mol. The van der Waals surface area contributed by atoms with E-state index < -0.39 is 0 Å². The Hall–Kier alpha value is -1.61. The Morgan fingerprint density at radius 3 is 2.29 bits per heavy atom. The van der Waals surface area contributed by atoms with Crippen LogP contribution in [0.25, 0.3) is 0 Å². The van der Waals surface area contributed by atoms with Gasteiger partial charge in [0, 0.05) is 12.1 Å². The first-order valence-corrected chi connectivity index (χ1v) is 12.7. The summed E-state index contributed by atoms with van der Waals surface area (Å²) in [7, 11) is 0. The van der Waals surface area contributed by atoms with E-state index in [1.54, 1.807) is 0 Å². The summed E-state index contributed by atoms with van der Waals surface area (Å²) in [5.41, 5.74) is 3.58. The van der Waals surface area contributed by atoms with Crippen molar-refractivity contribution in [3.05, 3.63) is 47.5 Å². The van der Waals surface area contributed by atoms with Gasteiger partial charge in [-0.3, -0.25) is 4.90 Å². The Morgan fingerprint density at radius 2 is 1.68 bits per heavy atom. The monoisotopic (exact) mass is 427 g/mol. The molecule has 1 fully saturated rings. The zero-order valence-corrected chi connectivity index (χ0v) is 20.3. The molecule has 0 bridgehead atoms. The highest BCUT2D eigenvalue weighted by atomic mass is 16.5. The summed E-state index contributed by atoms with van der Waals surface area (Å²) < 4.78 is 5.46. The summed E-state index contributed by atoms with van der Waals surface area (Å²) in [5, 5.41) is 0. The van der Waals surface area contributed by atoms with Crippen LogP contribution in [-0.2, 0) is 16.0 Å². The molecule has 0 aromatic heterocycles. The van der Waals surface area contributed by atoms with Crippen molar-refractivity contribution in [3.63, 3.8) is 0 Å². The van der Waals surface area contributed by atoms with Crippen molar-refractivity contribution in [2.75, 3.05) is 26.2 Å². The molecule has 3 heteroatoms. The van der Waals surface area contributed by atoms with Crippen molar-refractivity contribution < 1.29 is 9.53 Å². The van der Waals surface area contributed by atoms with Gasteiger partial charge in [0.2, 0.25) is 0 Å². The first-order chi connectivity index (χ1) is 15.1. The van der Waals surface area contributed by atoms with E-state index in [1.165, 1.54) is 68.9 Å². The maximum Gasteiger partial charge on any atom is 0.334 e. The Bertz CT molecular complexity index is 639. The van der Waals surface area contributed by atoms with E-state index in [1.807, 2.05) is 0 Å². The third kappa shape index (κ3) is 9.19. The molecule has 0 atom stereocenters. The van der Waals surface area contributed by atoms with Gasteiger partial charge in [-0.25, -0.2) is 4.79 Å². The van der Waals surface area contributed by atoms with Crippen LogP contribution < -0.4 is 0 Å². The van der Waals surface area contributed by atoms with Gasteiger partial charge in [-0.15, -0.1) is 0 Å². The van der Waals surface area contributed by atoms with Crippen LogP contribution in [0.4, 0.5) is 0 Å². The summed E-state index contributed by atoms with van der Waals surface area (Å²) in [5.74, 6) is 1.28. The van der Waals surface area contributed by atoms with Gasteiger partial charge in [-0.05, 0) is 87.4 Å². The molecule has 0 radical (unpaired) electrons. The predicted octanol–water partition coefficient (Wildman–Crippen LogP) is 6.91. The van der Waals surface area contributed by atoms with E-state index >= 15 is 0 Å². The number of hydrogen-bond donors (Lipinski definition) is 0. The molecule has 0 N–H and O–H groups in total. The number of ether oxygens (including phenoxy) is 1. The van der Waals surface area contributed by atoms with E-state index in [4.69, 9.17) is 4.74 Å². The molecule has 0 saturated heterocycles. The van der Waals surface area contributed by atoms with E-state index in [0.29, 0.717) is 18.7 Å². The van der Waals surface area contributed by atoms with Gasteiger partial charge in [0.1, 0.15) is 0 Å². The second-order valence-electron chi connectivity index (χ2n) is 9.26. The second kappa shape index (κ2) is 14.5. The molecule has 0 aliphatic heterocycles. The molecule has 1 aromatic carbocycles. The van der Waals surface area contributed by atoms with Gasteiger partial charge in [0.25, 0.3) is 0 Å². The van der Waals surface area contributed by atoms with Gasteiger partial charge >= 0.3 is 5.97 Å². The average Bonchev–Trinajstić information content (AvgIpc) is 2.81. The normalized spacial score (nSPS) is 18.8. The molecule has 0 heterocycles. The van der Waals surface area contributed by atoms with Crippen molar-refractivity contribution in [2.45, 2.75) is 90.9 Å². The second-order valence-corrected chi connectivity index (χ2v) is 9.26. The summed E-state index contributed by atoms with van der Waals surface area (Å²) in [6.07, 6.45) is 12.4. The number of nitrogens with zero attached hydrogens (tertiary/aromatic N) is 1. The Balaban J connectivity index is 1.61. The van der Waals surface area contributed by atoms with E-state index in [2.05, 4.69) is 56.5 Å². The largest absolute Gasteiger partial charge is 0.462 e. The third-order valence-electron chi connectivity index (χ3n) is 6.95. The maximum absolute atomic E-state index is 12.1. The lowest BCUT2D eigenvalue weighted by molar-refractivity contribution is -0.139. The van der Waals surface area contributed by atoms with Gasteiger partial charge in [-0.1, -0.05) is 64.5 Å². The lowest BCUT2D eigenvalue weighted by atomic mass is 9.77. The third-order valence-corrected chi connectivity index (χ3v) is 6.95. The first kappa shape index (κ1) is 25.6. The predicted molar refractivity (Wildman–Crippen MR) is 131 cm³/mol. The summed E-state index contributed by atoms with van der Waals surface area (Å²) in [4.78, 5) is 14.3. The van der Waals surface area contributed by atoms with Crippen LogP contribution in [0.15, 0.2) is 36.4 Å². The highest BCUT2D eigenvalue weighted by molar-refractivity contribution is 5.88. The maximum atomic E-state index is 12.1. The minimum absolute atomic E-state index is 0.228. The van der Waals surface area contributed by atoms with Crippen LogP contribution >= 0.6 is 0 Å². The fraction of sp³-hybridized carbons (Fsp3) is 0.679. The number of benzene rings is 1. The number of aryl methyl sites for hydroxylation is 1. The SMILES string of the molecule is C=C(CN(CC)CC)C(=O)OCCCC1CCC(c2ccc(CCCCC)cc2)CC1. The molecule has 174 valence electrons. The molecular formula is C28H45NO2. The molecule has 31 heavy (non-hydrogen) atoms. The summed E-state index contributed by atoms with van der Waals surface area (Å²) >= 11 is 0. The molecule has 1 aliphatic carbocycles. The lowest BCUT2D eigenvalue weighted by Gasteiger charge is -2.29. The highest BCUT2D eigenvalue weighted by Gasteiger charge is 2.22. The first-order valence-electron chi connectivity index (χ1n) is 12.7. The topological polar surface area (TPSA) is 29.5 Å². The van der Waals surface area contributed by atoms with E-state index in [9.17, 15) is 4.79 Å². The number of esters is 1. The number of unbranched alkanes of at least 4 members (excludes halogenated alkanes) is 2. The Labute approximate surface area is 191 Å². The number of carbonyl (C=O) groups is 1. The lowest BCUT2D eigenvalue weighted by Crippen LogP contribution is -2.28. The molecule has 3 nitrogen and oxygen atoms in total. The van der Waals surface area contributed by atoms with Crippen LogP contribution in [0.5, 0.6) is 0 Å². The van der Waals surface area contributed by atoms with Crippen molar-refractivity contribution in [1.29, 1.82) is 0 Å². The van der Waals surface area contributed by atoms with Crippen LogP contribution in [0, 0.1) is 5.92 Å². The molecule has 1 saturated carbocycles. The molecule has 1 aromatic rings. The zero-order chi connectivity index (χ0) is 22.5. The van der Waals surface area contributed by atoms with E-state index in [0.717, 1.165) is 31.3 Å². The fourth-order valence-electron chi connectivity index (χ4n) is 4.74. The van der Waals surface area contributed by atoms with E-state index in [-0.39, 0.29) is 5.97 Å². The Morgan fingerprint density at radius 1 is 1.00 bits per heavy atom. The van der Waals surface area contributed by atoms with Crippen molar-refractivity contribution in [1.82, 2.24) is 4.90 Å². The molecule has 0 amide bonds. The number of hydrogen-bond acceptors (Lipinski definition) is 3. The molecule has 0 unspecified atom stereocenters. The molecular weight excluding hydrogens is 382 g/mol. The summed E-state index contributed by atoms with van der Waals surface area (Å²) in [6, 6.07) is 9.44. The number of rotatable bonds is 14. The van der Waals surface area contributed by atoms with Gasteiger partial charge < -0.3 is 4.74 Å². The molecule has 1 aliphatic rings. The van der Waals surface area contributed by atoms with Crippen LogP contribution in [0.3, 0.4) is 0 Å². The van der Waals surface area contributed by atoms with Gasteiger partial charge in [0.15, 0.2) is 0 Å². The zero-order valence-electron chi connectivity index (χ0n) is 20.3. The standard InChI is InChI=1S/C28H45NO2/c1-5-8-9-11-24-13-17-26(18-14-24)27-19-15-25(16-20-27)12-10-21-31-28(30)23(4)22-29(6-2)7-3/h13-14,17-18,25,27H,4-12,15-16,19-22H2,1-3H3. The van der Waals surface area contributed by atoms with Crippen LogP contribution in [-0.4, -0.2) is 37.1 Å². The van der Waals surface area contributed by atoms with Crippen LogP contribution in [0.2, 0.25) is 0 Å². The van der Waals surface area contributed by atoms with Crippen molar-refractivity contribution in [3.8, 4) is 0 Å².